The van der Waals surface area contributed by atoms with Crippen LogP contribution in [-0.2, 0) is 0 Å². The van der Waals surface area contributed by atoms with Gasteiger partial charge in [0.25, 0.3) is 0 Å². The van der Waals surface area contributed by atoms with Gasteiger partial charge in [-0.05, 0) is 18.2 Å². The van der Waals surface area contributed by atoms with Gasteiger partial charge in [-0.1, -0.05) is 37.0 Å². The van der Waals surface area contributed by atoms with E-state index in [1.165, 1.54) is 0 Å². The molecule has 0 fully saturated rings. The Labute approximate surface area is 114 Å². The Hall–Kier alpha value is -0.650. The summed E-state index contributed by atoms with van der Waals surface area (Å²) in [6.45, 7) is 2.25. The maximum absolute atomic E-state index is 11.2. The van der Waals surface area contributed by atoms with Crippen LogP contribution in [0.2, 0.25) is 10.0 Å². The standard InChI is InChI=1S/C7H8Cl2N2.C4H7F3/c1-10-11-7-3-2-5(8)4-6(7)9;1-3(2)4(5,6)7/h2-4,10-11H,1H3;3H,1-2H3. The molecule has 2 nitrogen and oxygen atoms in total. The second-order valence-corrected chi connectivity index (χ2v) is 4.54. The van der Waals surface area contributed by atoms with E-state index in [2.05, 4.69) is 10.9 Å². The topological polar surface area (TPSA) is 24.1 Å². The predicted molar refractivity (Wildman–Crippen MR) is 70.0 cm³/mol. The predicted octanol–water partition coefficient (Wildman–Crippen LogP) is 4.74. The molecule has 1 aromatic carbocycles. The van der Waals surface area contributed by atoms with Crippen LogP contribution in [0.3, 0.4) is 0 Å². The van der Waals surface area contributed by atoms with E-state index in [4.69, 9.17) is 23.2 Å². The van der Waals surface area contributed by atoms with Crippen molar-refractivity contribution >= 4 is 28.9 Å². The molecule has 0 bridgehead atoms. The molecule has 0 aliphatic carbocycles. The van der Waals surface area contributed by atoms with Gasteiger partial charge in [0.15, 0.2) is 0 Å². The van der Waals surface area contributed by atoms with Gasteiger partial charge in [-0.2, -0.15) is 13.2 Å². The molecule has 104 valence electrons. The quantitative estimate of drug-likeness (QED) is 0.771. The third-order valence-electron chi connectivity index (χ3n) is 1.85. The minimum absolute atomic E-state index is 0.604. The van der Waals surface area contributed by atoms with Crippen LogP contribution < -0.4 is 10.9 Å². The molecule has 18 heavy (non-hydrogen) atoms. The van der Waals surface area contributed by atoms with Crippen LogP contribution in [0.25, 0.3) is 0 Å². The van der Waals surface area contributed by atoms with E-state index in [9.17, 15) is 13.2 Å². The number of hydrogen-bond donors (Lipinski definition) is 2. The fourth-order valence-corrected chi connectivity index (χ4v) is 1.18. The van der Waals surface area contributed by atoms with Crippen molar-refractivity contribution in [3.63, 3.8) is 0 Å². The Balaban J connectivity index is 0.000000360. The summed E-state index contributed by atoms with van der Waals surface area (Å²) in [6, 6.07) is 5.26. The van der Waals surface area contributed by atoms with Crippen LogP contribution in [0.15, 0.2) is 18.2 Å². The van der Waals surface area contributed by atoms with Gasteiger partial charge in [0.05, 0.1) is 10.7 Å². The molecule has 0 aromatic heterocycles. The number of nitrogens with one attached hydrogen (secondary N) is 2. The lowest BCUT2D eigenvalue weighted by atomic mass is 10.2. The summed E-state index contributed by atoms with van der Waals surface area (Å²) in [4.78, 5) is 0. The lowest BCUT2D eigenvalue weighted by Crippen LogP contribution is -2.15. The highest BCUT2D eigenvalue weighted by molar-refractivity contribution is 6.36. The van der Waals surface area contributed by atoms with Crippen LogP contribution in [-0.4, -0.2) is 13.2 Å². The lowest BCUT2D eigenvalue weighted by Gasteiger charge is -2.07. The third-order valence-corrected chi connectivity index (χ3v) is 2.39. The van der Waals surface area contributed by atoms with Crippen molar-refractivity contribution < 1.29 is 13.2 Å². The Morgan fingerprint density at radius 3 is 2.00 bits per heavy atom. The fourth-order valence-electron chi connectivity index (χ4n) is 0.726. The molecule has 2 N–H and O–H groups in total. The average Bonchev–Trinajstić information content (AvgIpc) is 2.22. The van der Waals surface area contributed by atoms with Crippen molar-refractivity contribution in [1.82, 2.24) is 5.43 Å². The van der Waals surface area contributed by atoms with E-state index >= 15 is 0 Å². The molecule has 0 aliphatic heterocycles. The number of benzene rings is 1. The number of hydrazine groups is 1. The molecule has 0 aliphatic rings. The number of anilines is 1. The first-order valence-electron chi connectivity index (χ1n) is 5.13. The molecular formula is C11H15Cl2F3N2. The summed E-state index contributed by atoms with van der Waals surface area (Å²) in [5.41, 5.74) is 6.45. The van der Waals surface area contributed by atoms with Crippen molar-refractivity contribution in [3.05, 3.63) is 28.2 Å². The van der Waals surface area contributed by atoms with Crippen molar-refractivity contribution in [2.24, 2.45) is 5.92 Å². The van der Waals surface area contributed by atoms with Gasteiger partial charge in [0.1, 0.15) is 0 Å². The molecule has 0 heterocycles. The molecule has 0 atom stereocenters. The van der Waals surface area contributed by atoms with Gasteiger partial charge in [-0.3, -0.25) is 0 Å². The van der Waals surface area contributed by atoms with Gasteiger partial charge in [-0.25, -0.2) is 5.43 Å². The van der Waals surface area contributed by atoms with Gasteiger partial charge >= 0.3 is 6.18 Å². The molecule has 1 rings (SSSR count). The van der Waals surface area contributed by atoms with E-state index in [-0.39, 0.29) is 0 Å². The number of hydrogen-bond acceptors (Lipinski definition) is 2. The molecule has 1 aromatic rings. The summed E-state index contributed by atoms with van der Waals surface area (Å²) < 4.78 is 33.5. The van der Waals surface area contributed by atoms with E-state index in [0.29, 0.717) is 10.0 Å². The van der Waals surface area contributed by atoms with Crippen molar-refractivity contribution in [1.29, 1.82) is 0 Å². The smallest absolute Gasteiger partial charge is 0.320 e. The molecular weight excluding hydrogens is 288 g/mol. The fraction of sp³-hybridized carbons (Fsp3) is 0.455. The summed E-state index contributed by atoms with van der Waals surface area (Å²) in [6.07, 6.45) is -4.00. The second-order valence-electron chi connectivity index (χ2n) is 3.70. The summed E-state index contributed by atoms with van der Waals surface area (Å²) in [7, 11) is 1.77. The van der Waals surface area contributed by atoms with Gasteiger partial charge < -0.3 is 5.43 Å². The molecule has 7 heteroatoms. The maximum atomic E-state index is 11.2. The van der Waals surface area contributed by atoms with Crippen molar-refractivity contribution in [2.45, 2.75) is 20.0 Å². The largest absolute Gasteiger partial charge is 0.391 e. The Bertz CT molecular complexity index is 368. The van der Waals surface area contributed by atoms with E-state index in [1.807, 2.05) is 0 Å². The zero-order chi connectivity index (χ0) is 14.3. The first-order valence-corrected chi connectivity index (χ1v) is 5.88. The van der Waals surface area contributed by atoms with E-state index in [0.717, 1.165) is 19.5 Å². The van der Waals surface area contributed by atoms with E-state index in [1.54, 1.807) is 25.2 Å². The Morgan fingerprint density at radius 2 is 1.67 bits per heavy atom. The van der Waals surface area contributed by atoms with Crippen LogP contribution in [0.4, 0.5) is 18.9 Å². The third kappa shape index (κ3) is 6.93. The number of halogens is 5. The summed E-state index contributed by atoms with van der Waals surface area (Å²) in [5.74, 6) is -1.20. The highest BCUT2D eigenvalue weighted by Gasteiger charge is 2.31. The summed E-state index contributed by atoms with van der Waals surface area (Å²) >= 11 is 11.5. The minimum atomic E-state index is -4.00. The molecule has 0 saturated heterocycles. The maximum Gasteiger partial charge on any atom is 0.391 e. The highest BCUT2D eigenvalue weighted by Crippen LogP contribution is 2.24. The lowest BCUT2D eigenvalue weighted by molar-refractivity contribution is -0.164. The monoisotopic (exact) mass is 302 g/mol. The van der Waals surface area contributed by atoms with Crippen LogP contribution in [0.1, 0.15) is 13.8 Å². The van der Waals surface area contributed by atoms with E-state index < -0.39 is 12.1 Å². The molecule has 0 unspecified atom stereocenters. The molecule has 0 radical (unpaired) electrons. The molecule has 0 spiro atoms. The highest BCUT2D eigenvalue weighted by atomic mass is 35.5. The Morgan fingerprint density at radius 1 is 1.17 bits per heavy atom. The average molecular weight is 303 g/mol. The normalized spacial score (nSPS) is 10.9. The number of rotatable bonds is 2. The van der Waals surface area contributed by atoms with Gasteiger partial charge in [0, 0.05) is 18.0 Å². The van der Waals surface area contributed by atoms with Gasteiger partial charge in [-0.15, -0.1) is 0 Å². The van der Waals surface area contributed by atoms with Gasteiger partial charge in [0.2, 0.25) is 0 Å². The minimum Gasteiger partial charge on any atom is -0.320 e. The zero-order valence-electron chi connectivity index (χ0n) is 10.2. The summed E-state index contributed by atoms with van der Waals surface area (Å²) in [5, 5.41) is 1.24. The second kappa shape index (κ2) is 7.71. The molecule has 0 saturated carbocycles. The Kier molecular flexibility index (Phi) is 7.43. The van der Waals surface area contributed by atoms with Crippen molar-refractivity contribution in [3.8, 4) is 0 Å². The van der Waals surface area contributed by atoms with Crippen LogP contribution in [0.5, 0.6) is 0 Å². The zero-order valence-corrected chi connectivity index (χ0v) is 11.7. The molecule has 0 amide bonds. The first kappa shape index (κ1) is 17.4. The first-order chi connectivity index (χ1) is 8.18. The van der Waals surface area contributed by atoms with Crippen molar-refractivity contribution in [2.75, 3.05) is 12.5 Å². The van der Waals surface area contributed by atoms with Crippen LogP contribution in [0, 0.1) is 5.92 Å². The van der Waals surface area contributed by atoms with Crippen LogP contribution >= 0.6 is 23.2 Å². The number of alkyl halides is 3. The SMILES string of the molecule is CC(C)C(F)(F)F.CNNc1ccc(Cl)cc1Cl.